The summed E-state index contributed by atoms with van der Waals surface area (Å²) in [4.78, 5) is 14.9. The Labute approximate surface area is 159 Å². The summed E-state index contributed by atoms with van der Waals surface area (Å²) in [6, 6.07) is 14.0. The molecule has 0 aromatic heterocycles. The first-order chi connectivity index (χ1) is 13.2. The molecule has 2 aromatic carbocycles. The van der Waals surface area contributed by atoms with Crippen molar-refractivity contribution in [3.05, 3.63) is 59.2 Å². The van der Waals surface area contributed by atoms with Gasteiger partial charge in [0.2, 0.25) is 6.79 Å². The van der Waals surface area contributed by atoms with E-state index in [0.29, 0.717) is 12.4 Å². The summed E-state index contributed by atoms with van der Waals surface area (Å²) < 4.78 is 15.7. The second kappa shape index (κ2) is 7.98. The number of fused-ring (bicyclic) bond motifs is 1. The quantitative estimate of drug-likeness (QED) is 0.709. The van der Waals surface area contributed by atoms with Gasteiger partial charge in [-0.15, -0.1) is 0 Å². The van der Waals surface area contributed by atoms with Gasteiger partial charge >= 0.3 is 5.97 Å². The van der Waals surface area contributed by atoms with Crippen molar-refractivity contribution in [2.24, 2.45) is 0 Å². The van der Waals surface area contributed by atoms with Crippen molar-refractivity contribution in [3.63, 3.8) is 0 Å². The predicted molar refractivity (Wildman–Crippen MR) is 99.1 cm³/mol. The lowest BCUT2D eigenvalue weighted by molar-refractivity contribution is -1.02. The number of hydrogen-bond acceptors (Lipinski definition) is 4. The fraction of sp³-hybridized carbons (Fsp3) is 0.381. The molecular formula is C21H26N2O4+2. The van der Waals surface area contributed by atoms with Crippen LogP contribution in [-0.2, 0) is 17.8 Å². The maximum atomic E-state index is 11.7. The van der Waals surface area contributed by atoms with E-state index in [0.717, 1.165) is 50.8 Å². The van der Waals surface area contributed by atoms with Crippen molar-refractivity contribution in [2.45, 2.75) is 13.1 Å². The van der Waals surface area contributed by atoms with Crippen LogP contribution in [0.15, 0.2) is 42.5 Å². The molecule has 2 aliphatic rings. The second-order valence-electron chi connectivity index (χ2n) is 7.23. The molecule has 0 amide bonds. The molecular weight excluding hydrogens is 344 g/mol. The molecule has 142 valence electrons. The average molecular weight is 370 g/mol. The number of rotatable bonds is 5. The summed E-state index contributed by atoms with van der Waals surface area (Å²) in [5.74, 6) is 1.43. The van der Waals surface area contributed by atoms with Gasteiger partial charge in [0, 0.05) is 11.1 Å². The van der Waals surface area contributed by atoms with Crippen molar-refractivity contribution >= 4 is 5.97 Å². The summed E-state index contributed by atoms with van der Waals surface area (Å²) in [6.45, 7) is 6.82. The molecule has 6 nitrogen and oxygen atoms in total. The summed E-state index contributed by atoms with van der Waals surface area (Å²) >= 11 is 0. The van der Waals surface area contributed by atoms with Crippen LogP contribution in [-0.4, -0.2) is 46.1 Å². The summed E-state index contributed by atoms with van der Waals surface area (Å²) in [6.07, 6.45) is 0. The standard InChI is InChI=1S/C21H24N2O4/c1-25-21(24)18-4-2-3-16(11-18)13-22-7-9-23(10-8-22)14-17-5-6-19-20(12-17)27-15-26-19/h2-6,11-12H,7-10,13-15H2,1H3/p+2. The number of carbonyl (C=O) groups excluding carboxylic acids is 1. The van der Waals surface area contributed by atoms with E-state index in [1.807, 2.05) is 18.2 Å². The number of quaternary nitrogens is 2. The predicted octanol–water partition coefficient (Wildman–Crippen LogP) is -0.314. The zero-order chi connectivity index (χ0) is 18.6. The van der Waals surface area contributed by atoms with E-state index >= 15 is 0 Å². The Morgan fingerprint density at radius 3 is 2.30 bits per heavy atom. The van der Waals surface area contributed by atoms with Crippen LogP contribution in [0.1, 0.15) is 21.5 Å². The summed E-state index contributed by atoms with van der Waals surface area (Å²) in [7, 11) is 1.42. The fourth-order valence-electron chi connectivity index (χ4n) is 3.87. The highest BCUT2D eigenvalue weighted by Gasteiger charge is 2.24. The van der Waals surface area contributed by atoms with Crippen LogP contribution in [0, 0.1) is 0 Å². The number of esters is 1. The monoisotopic (exact) mass is 370 g/mol. The van der Waals surface area contributed by atoms with Gasteiger partial charge in [-0.25, -0.2) is 4.79 Å². The molecule has 2 aliphatic heterocycles. The van der Waals surface area contributed by atoms with Crippen LogP contribution >= 0.6 is 0 Å². The van der Waals surface area contributed by atoms with Gasteiger partial charge < -0.3 is 24.0 Å². The van der Waals surface area contributed by atoms with E-state index in [4.69, 9.17) is 14.2 Å². The highest BCUT2D eigenvalue weighted by atomic mass is 16.7. The molecule has 0 unspecified atom stereocenters. The topological polar surface area (TPSA) is 53.6 Å². The summed E-state index contributed by atoms with van der Waals surface area (Å²) in [5, 5.41) is 0. The lowest BCUT2D eigenvalue weighted by Gasteiger charge is -2.30. The van der Waals surface area contributed by atoms with Crippen molar-refractivity contribution in [3.8, 4) is 11.5 Å². The largest absolute Gasteiger partial charge is 0.465 e. The Balaban J connectivity index is 1.30. The SMILES string of the molecule is COC(=O)c1cccc(C[NH+]2CC[NH+](Cc3ccc4c(c3)OCO4)CC2)c1. The van der Waals surface area contributed by atoms with Gasteiger partial charge in [0.15, 0.2) is 11.5 Å². The highest BCUT2D eigenvalue weighted by Crippen LogP contribution is 2.32. The van der Waals surface area contributed by atoms with E-state index < -0.39 is 0 Å². The molecule has 0 radical (unpaired) electrons. The highest BCUT2D eigenvalue weighted by molar-refractivity contribution is 5.89. The average Bonchev–Trinajstić information content (AvgIpc) is 3.17. The smallest absolute Gasteiger partial charge is 0.337 e. The maximum absolute atomic E-state index is 11.7. The Hall–Kier alpha value is -2.57. The Kier molecular flexibility index (Phi) is 5.27. The van der Waals surface area contributed by atoms with Crippen LogP contribution in [0.3, 0.4) is 0 Å². The van der Waals surface area contributed by atoms with Gasteiger partial charge in [0.1, 0.15) is 39.3 Å². The third-order valence-electron chi connectivity index (χ3n) is 5.36. The van der Waals surface area contributed by atoms with Gasteiger partial charge in [-0.1, -0.05) is 12.1 Å². The van der Waals surface area contributed by atoms with Crippen molar-refractivity contribution in [2.75, 3.05) is 40.1 Å². The molecule has 0 aliphatic carbocycles. The molecule has 0 atom stereocenters. The first-order valence-electron chi connectivity index (χ1n) is 9.44. The molecule has 2 N–H and O–H groups in total. The Morgan fingerprint density at radius 2 is 1.59 bits per heavy atom. The van der Waals surface area contributed by atoms with Gasteiger partial charge in [0.25, 0.3) is 0 Å². The third-order valence-corrected chi connectivity index (χ3v) is 5.36. The molecule has 1 fully saturated rings. The minimum absolute atomic E-state index is 0.273. The molecule has 6 heteroatoms. The number of carbonyl (C=O) groups is 1. The number of ether oxygens (including phenoxy) is 3. The zero-order valence-corrected chi connectivity index (χ0v) is 15.6. The van der Waals surface area contributed by atoms with Crippen molar-refractivity contribution in [1.82, 2.24) is 0 Å². The van der Waals surface area contributed by atoms with E-state index in [2.05, 4.69) is 18.2 Å². The maximum Gasteiger partial charge on any atom is 0.337 e. The first-order valence-corrected chi connectivity index (χ1v) is 9.44. The molecule has 0 saturated carbocycles. The molecule has 2 heterocycles. The number of nitrogens with one attached hydrogen (secondary N) is 2. The molecule has 2 aromatic rings. The normalized spacial score (nSPS) is 21.1. The molecule has 0 spiro atoms. The van der Waals surface area contributed by atoms with E-state index in [9.17, 15) is 4.79 Å². The van der Waals surface area contributed by atoms with Crippen LogP contribution in [0.5, 0.6) is 11.5 Å². The van der Waals surface area contributed by atoms with Gasteiger partial charge in [-0.3, -0.25) is 0 Å². The van der Waals surface area contributed by atoms with Crippen molar-refractivity contribution in [1.29, 1.82) is 0 Å². The van der Waals surface area contributed by atoms with E-state index in [1.165, 1.54) is 18.2 Å². The number of methoxy groups -OCH3 is 1. The minimum Gasteiger partial charge on any atom is -0.465 e. The first kappa shape index (κ1) is 17.8. The van der Waals surface area contributed by atoms with Gasteiger partial charge in [-0.2, -0.15) is 0 Å². The minimum atomic E-state index is -0.273. The van der Waals surface area contributed by atoms with E-state index in [1.54, 1.807) is 15.9 Å². The third kappa shape index (κ3) is 4.23. The van der Waals surface area contributed by atoms with Crippen LogP contribution in [0.2, 0.25) is 0 Å². The number of piperazine rings is 1. The van der Waals surface area contributed by atoms with E-state index in [-0.39, 0.29) is 5.97 Å². The van der Waals surface area contributed by atoms with Crippen LogP contribution in [0.25, 0.3) is 0 Å². The Bertz CT molecular complexity index is 816. The summed E-state index contributed by atoms with van der Waals surface area (Å²) in [5.41, 5.74) is 3.11. The zero-order valence-electron chi connectivity index (χ0n) is 15.6. The lowest BCUT2D eigenvalue weighted by atomic mass is 10.1. The molecule has 1 saturated heterocycles. The molecule has 4 rings (SSSR count). The second-order valence-corrected chi connectivity index (χ2v) is 7.23. The Morgan fingerprint density at radius 1 is 0.926 bits per heavy atom. The molecule has 0 bridgehead atoms. The van der Waals surface area contributed by atoms with Crippen molar-refractivity contribution < 1.29 is 28.8 Å². The fourth-order valence-corrected chi connectivity index (χ4v) is 3.87. The molecule has 27 heavy (non-hydrogen) atoms. The van der Waals surface area contributed by atoms with Gasteiger partial charge in [0.05, 0.1) is 12.7 Å². The van der Waals surface area contributed by atoms with Crippen LogP contribution in [0.4, 0.5) is 0 Å². The lowest BCUT2D eigenvalue weighted by Crippen LogP contribution is -3.27. The number of hydrogen-bond donors (Lipinski definition) is 2. The van der Waals surface area contributed by atoms with Gasteiger partial charge in [-0.05, 0) is 30.3 Å². The van der Waals surface area contributed by atoms with Crippen LogP contribution < -0.4 is 19.3 Å². The number of benzene rings is 2.